The van der Waals surface area contributed by atoms with Gasteiger partial charge in [-0.05, 0) is 6.08 Å². The Morgan fingerprint density at radius 3 is 3.00 bits per heavy atom. The van der Waals surface area contributed by atoms with Gasteiger partial charge in [0.2, 0.25) is 5.78 Å². The SMILES string of the molecule is NN1C=CC(C(=O)C=O)NC1. The molecule has 1 heterocycles. The maximum Gasteiger partial charge on any atom is 0.216 e. The number of carbonyl (C=O) groups excluding carboxylic acids is 2. The molecule has 11 heavy (non-hydrogen) atoms. The number of nitrogens with two attached hydrogens (primary N) is 1. The lowest BCUT2D eigenvalue weighted by Crippen LogP contribution is -2.47. The number of hydrogen-bond acceptors (Lipinski definition) is 5. The highest BCUT2D eigenvalue weighted by atomic mass is 16.2. The number of nitrogens with zero attached hydrogens (tertiary/aromatic N) is 1. The van der Waals surface area contributed by atoms with Gasteiger partial charge >= 0.3 is 0 Å². The Balaban J connectivity index is 2.56. The molecule has 1 aliphatic heterocycles. The molecular formula is C6H9N3O2. The zero-order valence-electron chi connectivity index (χ0n) is 5.86. The Bertz CT molecular complexity index is 202. The fourth-order valence-corrected chi connectivity index (χ4v) is 0.790. The normalized spacial score (nSPS) is 23.4. The summed E-state index contributed by atoms with van der Waals surface area (Å²) >= 11 is 0. The van der Waals surface area contributed by atoms with Crippen LogP contribution in [-0.4, -0.2) is 29.8 Å². The average molecular weight is 155 g/mol. The minimum atomic E-state index is -0.507. The maximum absolute atomic E-state index is 10.7. The lowest BCUT2D eigenvalue weighted by Gasteiger charge is -2.22. The second-order valence-electron chi connectivity index (χ2n) is 2.22. The third-order valence-corrected chi connectivity index (χ3v) is 1.39. The summed E-state index contributed by atoms with van der Waals surface area (Å²) in [5.41, 5.74) is 0. The number of nitrogens with one attached hydrogen (secondary N) is 1. The van der Waals surface area contributed by atoms with Gasteiger partial charge in [0.1, 0.15) is 0 Å². The van der Waals surface area contributed by atoms with E-state index in [0.29, 0.717) is 13.0 Å². The number of hydrogen-bond donors (Lipinski definition) is 2. The molecule has 0 aromatic rings. The predicted octanol–water partition coefficient (Wildman–Crippen LogP) is -1.63. The van der Waals surface area contributed by atoms with E-state index in [9.17, 15) is 9.59 Å². The van der Waals surface area contributed by atoms with Crippen molar-refractivity contribution in [2.45, 2.75) is 6.04 Å². The molecule has 3 N–H and O–H groups in total. The molecule has 0 aromatic heterocycles. The van der Waals surface area contributed by atoms with Gasteiger partial charge in [-0.1, -0.05) is 0 Å². The third kappa shape index (κ3) is 1.86. The van der Waals surface area contributed by atoms with Gasteiger partial charge in [-0.25, -0.2) is 5.84 Å². The highest BCUT2D eigenvalue weighted by molar-refractivity contribution is 6.28. The molecule has 0 aromatic carbocycles. The van der Waals surface area contributed by atoms with Crippen LogP contribution in [0.1, 0.15) is 0 Å². The van der Waals surface area contributed by atoms with Crippen molar-refractivity contribution in [1.82, 2.24) is 10.3 Å². The van der Waals surface area contributed by atoms with E-state index in [1.165, 1.54) is 5.01 Å². The maximum atomic E-state index is 10.7. The van der Waals surface area contributed by atoms with Crippen molar-refractivity contribution in [1.29, 1.82) is 0 Å². The molecule has 60 valence electrons. The first-order valence-corrected chi connectivity index (χ1v) is 3.16. The van der Waals surface area contributed by atoms with Gasteiger partial charge < -0.3 is 5.01 Å². The van der Waals surface area contributed by atoms with Gasteiger partial charge in [0, 0.05) is 6.20 Å². The molecule has 0 amide bonds. The van der Waals surface area contributed by atoms with Crippen molar-refractivity contribution < 1.29 is 9.59 Å². The number of carbonyl (C=O) groups is 2. The molecule has 0 aliphatic carbocycles. The first kappa shape index (κ1) is 7.90. The van der Waals surface area contributed by atoms with E-state index in [-0.39, 0.29) is 0 Å². The fraction of sp³-hybridized carbons (Fsp3) is 0.333. The van der Waals surface area contributed by atoms with Crippen LogP contribution in [-0.2, 0) is 9.59 Å². The Kier molecular flexibility index (Phi) is 2.35. The van der Waals surface area contributed by atoms with Crippen molar-refractivity contribution in [3.05, 3.63) is 12.3 Å². The van der Waals surface area contributed by atoms with Crippen LogP contribution in [0.15, 0.2) is 12.3 Å². The lowest BCUT2D eigenvalue weighted by atomic mass is 10.2. The van der Waals surface area contributed by atoms with Crippen molar-refractivity contribution in [2.24, 2.45) is 5.84 Å². The van der Waals surface area contributed by atoms with Crippen LogP contribution in [0.3, 0.4) is 0 Å². The molecule has 1 atom stereocenters. The summed E-state index contributed by atoms with van der Waals surface area (Å²) in [6.07, 6.45) is 3.40. The predicted molar refractivity (Wildman–Crippen MR) is 38.0 cm³/mol. The molecule has 0 bridgehead atoms. The van der Waals surface area contributed by atoms with E-state index in [4.69, 9.17) is 5.84 Å². The molecule has 5 heteroatoms. The summed E-state index contributed by atoms with van der Waals surface area (Å²) in [7, 11) is 0. The first-order chi connectivity index (χ1) is 5.24. The Labute approximate surface area is 63.8 Å². The van der Waals surface area contributed by atoms with Gasteiger partial charge in [0.25, 0.3) is 0 Å². The smallest absolute Gasteiger partial charge is 0.216 e. The average Bonchev–Trinajstić information content (AvgIpc) is 2.05. The Hall–Kier alpha value is -1.20. The molecule has 1 rings (SSSR count). The van der Waals surface area contributed by atoms with E-state index in [2.05, 4.69) is 5.32 Å². The van der Waals surface area contributed by atoms with Gasteiger partial charge in [-0.2, -0.15) is 0 Å². The Morgan fingerprint density at radius 1 is 1.82 bits per heavy atom. The summed E-state index contributed by atoms with van der Waals surface area (Å²) in [6, 6.07) is -0.507. The van der Waals surface area contributed by atoms with E-state index in [0.717, 1.165) is 0 Å². The summed E-state index contributed by atoms with van der Waals surface area (Å²) < 4.78 is 0. The number of ketones is 1. The molecule has 0 saturated carbocycles. The van der Waals surface area contributed by atoms with Crippen LogP contribution in [0.5, 0.6) is 0 Å². The van der Waals surface area contributed by atoms with Gasteiger partial charge in [-0.3, -0.25) is 14.9 Å². The lowest BCUT2D eigenvalue weighted by molar-refractivity contribution is -0.130. The van der Waals surface area contributed by atoms with Crippen LogP contribution in [0.4, 0.5) is 0 Å². The molecule has 0 fully saturated rings. The quantitative estimate of drug-likeness (QED) is 0.284. The molecule has 0 radical (unpaired) electrons. The largest absolute Gasteiger partial charge is 0.304 e. The summed E-state index contributed by atoms with van der Waals surface area (Å²) in [6.45, 7) is 0.376. The van der Waals surface area contributed by atoms with Crippen LogP contribution < -0.4 is 11.2 Å². The number of hydrazine groups is 1. The third-order valence-electron chi connectivity index (χ3n) is 1.39. The molecule has 1 aliphatic rings. The van der Waals surface area contributed by atoms with Crippen molar-refractivity contribution in [3.8, 4) is 0 Å². The number of rotatable bonds is 2. The summed E-state index contributed by atoms with van der Waals surface area (Å²) in [4.78, 5) is 20.7. The zero-order chi connectivity index (χ0) is 8.27. The fourth-order valence-electron chi connectivity index (χ4n) is 0.790. The van der Waals surface area contributed by atoms with E-state index >= 15 is 0 Å². The monoisotopic (exact) mass is 155 g/mol. The zero-order valence-corrected chi connectivity index (χ0v) is 5.86. The van der Waals surface area contributed by atoms with Gasteiger partial charge in [-0.15, -0.1) is 0 Å². The summed E-state index contributed by atoms with van der Waals surface area (Å²) in [5, 5.41) is 4.14. The second kappa shape index (κ2) is 3.27. The van der Waals surface area contributed by atoms with Crippen molar-refractivity contribution in [3.63, 3.8) is 0 Å². The van der Waals surface area contributed by atoms with Gasteiger partial charge in [0.05, 0.1) is 12.7 Å². The highest BCUT2D eigenvalue weighted by Crippen LogP contribution is 1.94. The van der Waals surface area contributed by atoms with Crippen molar-refractivity contribution in [2.75, 3.05) is 6.67 Å². The minimum Gasteiger partial charge on any atom is -0.304 e. The van der Waals surface area contributed by atoms with Crippen LogP contribution in [0.2, 0.25) is 0 Å². The van der Waals surface area contributed by atoms with Crippen LogP contribution >= 0.6 is 0 Å². The van der Waals surface area contributed by atoms with Gasteiger partial charge in [0.15, 0.2) is 6.29 Å². The Morgan fingerprint density at radius 2 is 2.55 bits per heavy atom. The number of aldehydes is 1. The molecule has 0 saturated heterocycles. The number of Topliss-reactive ketones (excluding diaryl/α,β-unsaturated/α-hetero) is 1. The highest BCUT2D eigenvalue weighted by Gasteiger charge is 2.16. The second-order valence-corrected chi connectivity index (χ2v) is 2.22. The molecular weight excluding hydrogens is 146 g/mol. The van der Waals surface area contributed by atoms with Crippen LogP contribution in [0, 0.1) is 0 Å². The standard InChI is InChI=1S/C6H9N3O2/c7-9-2-1-5(8-4-9)6(11)3-10/h1-3,5,8H,4,7H2. The summed E-state index contributed by atoms with van der Waals surface area (Å²) in [5.74, 6) is 4.85. The molecule has 5 nitrogen and oxygen atoms in total. The van der Waals surface area contributed by atoms with Crippen LogP contribution in [0.25, 0.3) is 0 Å². The van der Waals surface area contributed by atoms with E-state index < -0.39 is 11.8 Å². The van der Waals surface area contributed by atoms with E-state index in [1.807, 2.05) is 0 Å². The van der Waals surface area contributed by atoms with E-state index in [1.54, 1.807) is 12.3 Å². The first-order valence-electron chi connectivity index (χ1n) is 3.16. The minimum absolute atomic E-state index is 0.300. The molecule has 1 unspecified atom stereocenters. The molecule has 0 spiro atoms. The topological polar surface area (TPSA) is 75.4 Å². The van der Waals surface area contributed by atoms with Crippen molar-refractivity contribution >= 4 is 12.1 Å².